The third-order valence-electron chi connectivity index (χ3n) is 4.75. The molecule has 0 radical (unpaired) electrons. The van der Waals surface area contributed by atoms with Crippen molar-refractivity contribution < 1.29 is 14.6 Å². The molecule has 1 aliphatic rings. The molecule has 5 nitrogen and oxygen atoms in total. The van der Waals surface area contributed by atoms with Crippen LogP contribution in [0, 0.1) is 6.92 Å². The van der Waals surface area contributed by atoms with Crippen molar-refractivity contribution in [2.75, 3.05) is 17.3 Å². The smallest absolute Gasteiger partial charge is 0.262 e. The lowest BCUT2D eigenvalue weighted by Crippen LogP contribution is -2.43. The van der Waals surface area contributed by atoms with Crippen molar-refractivity contribution in [2.45, 2.75) is 13.1 Å². The van der Waals surface area contributed by atoms with Crippen LogP contribution in [0.1, 0.15) is 27.7 Å². The van der Waals surface area contributed by atoms with Gasteiger partial charge >= 0.3 is 0 Å². The minimum absolute atomic E-state index is 0.0161. The summed E-state index contributed by atoms with van der Waals surface area (Å²) < 4.78 is 5.25. The van der Waals surface area contributed by atoms with E-state index in [0.29, 0.717) is 16.9 Å². The number of hydrogen-bond donors (Lipinski definition) is 2. The Morgan fingerprint density at radius 3 is 2.59 bits per heavy atom. The number of hydrogen-bond acceptors (Lipinski definition) is 4. The fourth-order valence-corrected chi connectivity index (χ4v) is 3.44. The van der Waals surface area contributed by atoms with Crippen LogP contribution in [-0.2, 0) is 0 Å². The minimum atomic E-state index is -0.565. The highest BCUT2D eigenvalue weighted by Crippen LogP contribution is 2.42. The number of phenolic OH excluding ortho intramolecular Hbond substituents is 1. The minimum Gasteiger partial charge on any atom is -0.504 e. The molecule has 0 bridgehead atoms. The highest BCUT2D eigenvalue weighted by molar-refractivity contribution is 6.12. The summed E-state index contributed by atoms with van der Waals surface area (Å²) in [5, 5.41) is 14.1. The van der Waals surface area contributed by atoms with Crippen molar-refractivity contribution in [1.29, 1.82) is 0 Å². The highest BCUT2D eigenvalue weighted by atomic mass is 16.5. The van der Waals surface area contributed by atoms with Gasteiger partial charge in [-0.2, -0.15) is 0 Å². The van der Waals surface area contributed by atoms with Crippen molar-refractivity contribution in [3.8, 4) is 11.5 Å². The van der Waals surface area contributed by atoms with Gasteiger partial charge in [0.25, 0.3) is 5.91 Å². The molecule has 136 valence electrons. The Hall–Kier alpha value is -3.47. The van der Waals surface area contributed by atoms with Gasteiger partial charge in [0, 0.05) is 16.9 Å². The van der Waals surface area contributed by atoms with E-state index in [9.17, 15) is 9.90 Å². The van der Waals surface area contributed by atoms with Crippen LogP contribution >= 0.6 is 0 Å². The first-order chi connectivity index (χ1) is 13.1. The molecule has 0 saturated carbocycles. The Bertz CT molecular complexity index is 1020. The monoisotopic (exact) mass is 360 g/mol. The fourth-order valence-electron chi connectivity index (χ4n) is 3.44. The van der Waals surface area contributed by atoms with E-state index in [1.807, 2.05) is 49.4 Å². The lowest BCUT2D eigenvalue weighted by molar-refractivity contribution is 0.0974. The van der Waals surface area contributed by atoms with Gasteiger partial charge in [-0.25, -0.2) is 0 Å². The van der Waals surface area contributed by atoms with Crippen molar-refractivity contribution >= 4 is 17.3 Å². The number of methoxy groups -OCH3 is 1. The van der Waals surface area contributed by atoms with Crippen LogP contribution in [0.5, 0.6) is 11.5 Å². The molecule has 1 amide bonds. The first-order valence-electron chi connectivity index (χ1n) is 8.72. The topological polar surface area (TPSA) is 61.8 Å². The molecular formula is C22H20N2O3. The number of fused-ring (bicyclic) bond motifs is 1. The van der Waals surface area contributed by atoms with E-state index in [4.69, 9.17) is 4.74 Å². The molecule has 0 saturated heterocycles. The van der Waals surface area contributed by atoms with E-state index in [0.717, 1.165) is 16.9 Å². The average molecular weight is 360 g/mol. The largest absolute Gasteiger partial charge is 0.504 e. The number of rotatable bonds is 3. The molecule has 5 heteroatoms. The van der Waals surface area contributed by atoms with E-state index in [2.05, 4.69) is 5.32 Å². The summed E-state index contributed by atoms with van der Waals surface area (Å²) in [5.74, 6) is 0.259. The molecule has 3 aromatic carbocycles. The van der Waals surface area contributed by atoms with Crippen LogP contribution in [0.15, 0.2) is 66.7 Å². The molecule has 2 N–H and O–H groups in total. The van der Waals surface area contributed by atoms with Crippen LogP contribution in [-0.4, -0.2) is 18.1 Å². The summed E-state index contributed by atoms with van der Waals surface area (Å²) in [5.41, 5.74) is 3.71. The van der Waals surface area contributed by atoms with Crippen LogP contribution in [0.3, 0.4) is 0 Å². The highest BCUT2D eigenvalue weighted by Gasteiger charge is 2.35. The second kappa shape index (κ2) is 6.68. The SMILES string of the molecule is COc1cccc([C@@H]2Nc3ccccc3C(=O)N2c2cccc(C)c2)c1O. The van der Waals surface area contributed by atoms with Crippen molar-refractivity contribution in [2.24, 2.45) is 0 Å². The Kier molecular flexibility index (Phi) is 4.20. The molecule has 0 unspecified atom stereocenters. The zero-order valence-electron chi connectivity index (χ0n) is 15.1. The summed E-state index contributed by atoms with van der Waals surface area (Å²) in [7, 11) is 1.51. The molecular weight excluding hydrogens is 340 g/mol. The van der Waals surface area contributed by atoms with Gasteiger partial charge in [0.05, 0.1) is 12.7 Å². The number of aromatic hydroxyl groups is 1. The maximum absolute atomic E-state index is 13.4. The van der Waals surface area contributed by atoms with Crippen LogP contribution in [0.25, 0.3) is 0 Å². The maximum atomic E-state index is 13.4. The molecule has 1 heterocycles. The third-order valence-corrected chi connectivity index (χ3v) is 4.75. The first kappa shape index (κ1) is 17.0. The summed E-state index contributed by atoms with van der Waals surface area (Å²) in [4.78, 5) is 15.0. The third kappa shape index (κ3) is 2.87. The van der Waals surface area contributed by atoms with Crippen LogP contribution in [0.2, 0.25) is 0 Å². The number of nitrogens with one attached hydrogen (secondary N) is 1. The molecule has 0 aromatic heterocycles. The molecule has 3 aromatic rings. The van der Waals surface area contributed by atoms with E-state index in [1.54, 1.807) is 29.2 Å². The Morgan fingerprint density at radius 2 is 1.81 bits per heavy atom. The summed E-state index contributed by atoms with van der Waals surface area (Å²) in [6.45, 7) is 1.98. The molecule has 1 atom stereocenters. The Morgan fingerprint density at radius 1 is 1.04 bits per heavy atom. The molecule has 27 heavy (non-hydrogen) atoms. The first-order valence-corrected chi connectivity index (χ1v) is 8.72. The predicted molar refractivity (Wildman–Crippen MR) is 105 cm³/mol. The van der Waals surface area contributed by atoms with E-state index >= 15 is 0 Å². The zero-order valence-corrected chi connectivity index (χ0v) is 15.1. The van der Waals surface area contributed by atoms with Crippen molar-refractivity contribution in [1.82, 2.24) is 0 Å². The van der Waals surface area contributed by atoms with Gasteiger partial charge in [-0.15, -0.1) is 0 Å². The number of para-hydroxylation sites is 2. The second-order valence-electron chi connectivity index (χ2n) is 6.50. The number of benzene rings is 3. The normalized spacial score (nSPS) is 15.9. The summed E-state index contributed by atoms with van der Waals surface area (Å²) >= 11 is 0. The van der Waals surface area contributed by atoms with Gasteiger partial charge < -0.3 is 15.2 Å². The molecule has 0 aliphatic carbocycles. The van der Waals surface area contributed by atoms with Gasteiger partial charge in [-0.1, -0.05) is 36.4 Å². The summed E-state index contributed by atoms with van der Waals surface area (Å²) in [6, 6.07) is 20.4. The number of phenols is 1. The molecule has 0 fully saturated rings. The van der Waals surface area contributed by atoms with Gasteiger partial charge in [0.15, 0.2) is 11.5 Å². The Labute approximate surface area is 157 Å². The molecule has 1 aliphatic heterocycles. The number of ether oxygens (including phenoxy) is 1. The van der Waals surface area contributed by atoms with Crippen LogP contribution < -0.4 is 15.0 Å². The van der Waals surface area contributed by atoms with Crippen molar-refractivity contribution in [3.05, 3.63) is 83.4 Å². The fraction of sp³-hybridized carbons (Fsp3) is 0.136. The van der Waals surface area contributed by atoms with Crippen LogP contribution in [0.4, 0.5) is 11.4 Å². The van der Waals surface area contributed by atoms with Gasteiger partial charge in [0.2, 0.25) is 0 Å². The Balaban J connectivity index is 1.91. The van der Waals surface area contributed by atoms with Gasteiger partial charge in [-0.3, -0.25) is 9.69 Å². The molecule has 4 rings (SSSR count). The average Bonchev–Trinajstić information content (AvgIpc) is 2.68. The number of anilines is 2. The predicted octanol–water partition coefficient (Wildman–Crippen LogP) is 4.48. The number of nitrogens with zero attached hydrogens (tertiary/aromatic N) is 1. The lowest BCUT2D eigenvalue weighted by atomic mass is 10.0. The zero-order chi connectivity index (χ0) is 19.0. The number of amides is 1. The standard InChI is InChI=1S/C22H20N2O3/c1-14-7-5-8-15(13-14)24-21(17-10-6-12-19(27-2)20(17)25)23-18-11-4-3-9-16(18)22(24)26/h3-13,21,23,25H,1-2H3/t21-/m1/s1. The van der Waals surface area contributed by atoms with E-state index in [-0.39, 0.29) is 11.7 Å². The number of aryl methyl sites for hydroxylation is 1. The second-order valence-corrected chi connectivity index (χ2v) is 6.50. The number of carbonyl (C=O) groups is 1. The maximum Gasteiger partial charge on any atom is 0.262 e. The number of carbonyl (C=O) groups excluding carboxylic acids is 1. The quantitative estimate of drug-likeness (QED) is 0.723. The lowest BCUT2D eigenvalue weighted by Gasteiger charge is -2.38. The van der Waals surface area contributed by atoms with E-state index < -0.39 is 6.17 Å². The van der Waals surface area contributed by atoms with Gasteiger partial charge in [0.1, 0.15) is 6.17 Å². The van der Waals surface area contributed by atoms with E-state index in [1.165, 1.54) is 7.11 Å². The molecule has 0 spiro atoms. The van der Waals surface area contributed by atoms with Crippen molar-refractivity contribution in [3.63, 3.8) is 0 Å². The van der Waals surface area contributed by atoms with Gasteiger partial charge in [-0.05, 0) is 42.8 Å². The summed E-state index contributed by atoms with van der Waals surface area (Å²) in [6.07, 6.45) is -0.565.